The first kappa shape index (κ1) is 20.5. The summed E-state index contributed by atoms with van der Waals surface area (Å²) >= 11 is 0. The van der Waals surface area contributed by atoms with Crippen molar-refractivity contribution in [1.29, 1.82) is 0 Å². The second-order valence-electron chi connectivity index (χ2n) is 11.2. The molecule has 0 spiro atoms. The van der Waals surface area contributed by atoms with Crippen molar-refractivity contribution in [3.05, 3.63) is 87.3 Å². The van der Waals surface area contributed by atoms with Gasteiger partial charge in [-0.25, -0.2) is 4.79 Å². The lowest BCUT2D eigenvalue weighted by Crippen LogP contribution is -2.44. The molecule has 0 amide bonds. The molecule has 3 nitrogen and oxygen atoms in total. The highest BCUT2D eigenvalue weighted by atomic mass is 16.4. The van der Waals surface area contributed by atoms with Crippen LogP contribution in [0.2, 0.25) is 0 Å². The van der Waals surface area contributed by atoms with Gasteiger partial charge in [0.05, 0.1) is 0 Å². The van der Waals surface area contributed by atoms with E-state index in [4.69, 9.17) is 4.42 Å². The van der Waals surface area contributed by atoms with Crippen LogP contribution in [0.4, 0.5) is 5.69 Å². The molecule has 2 aliphatic rings. The maximum Gasteiger partial charge on any atom is 0.339 e. The highest BCUT2D eigenvalue weighted by molar-refractivity contribution is 5.91. The van der Waals surface area contributed by atoms with Crippen LogP contribution in [0.3, 0.4) is 0 Å². The van der Waals surface area contributed by atoms with Gasteiger partial charge in [-0.15, -0.1) is 0 Å². The van der Waals surface area contributed by atoms with Gasteiger partial charge in [-0.3, -0.25) is 0 Å². The summed E-state index contributed by atoms with van der Waals surface area (Å²) in [7, 11) is 0. The Hall–Kier alpha value is -3.07. The van der Waals surface area contributed by atoms with Crippen LogP contribution in [0.15, 0.2) is 63.8 Å². The van der Waals surface area contributed by atoms with Crippen molar-refractivity contribution in [3.63, 3.8) is 0 Å². The molecule has 6 rings (SSSR count). The third kappa shape index (κ3) is 3.13. The Morgan fingerprint density at radius 3 is 2.39 bits per heavy atom. The van der Waals surface area contributed by atoms with Crippen LogP contribution in [0.1, 0.15) is 62.8 Å². The molecular formula is C30H31NO2. The third-order valence-electron chi connectivity index (χ3n) is 8.06. The Labute approximate surface area is 195 Å². The molecule has 1 aromatic heterocycles. The number of hydrogen-bond acceptors (Lipinski definition) is 3. The van der Waals surface area contributed by atoms with E-state index in [-0.39, 0.29) is 16.5 Å². The van der Waals surface area contributed by atoms with E-state index in [9.17, 15) is 4.79 Å². The van der Waals surface area contributed by atoms with Crippen LogP contribution in [0.5, 0.6) is 0 Å². The minimum Gasteiger partial charge on any atom is -0.422 e. The SMILES string of the molecule is CC1(C)CCN2CCC(C)(C)c3c2c1cc1cc(Cc2cccc4ccccc24)c(=O)oc31. The molecule has 33 heavy (non-hydrogen) atoms. The van der Waals surface area contributed by atoms with Gasteiger partial charge in [0.25, 0.3) is 0 Å². The quantitative estimate of drug-likeness (QED) is 0.327. The second kappa shape index (κ2) is 6.96. The predicted octanol–water partition coefficient (Wildman–Crippen LogP) is 6.71. The Morgan fingerprint density at radius 1 is 0.848 bits per heavy atom. The first-order valence-electron chi connectivity index (χ1n) is 12.1. The summed E-state index contributed by atoms with van der Waals surface area (Å²) in [6, 6.07) is 19.1. The normalized spacial score (nSPS) is 18.5. The first-order valence-corrected chi connectivity index (χ1v) is 12.1. The number of hydrogen-bond donors (Lipinski definition) is 0. The molecule has 0 unspecified atom stereocenters. The fourth-order valence-electron chi connectivity index (χ4n) is 5.97. The van der Waals surface area contributed by atoms with E-state index in [1.165, 1.54) is 27.6 Å². The fraction of sp³-hybridized carbons (Fsp3) is 0.367. The average Bonchev–Trinajstić information content (AvgIpc) is 2.78. The summed E-state index contributed by atoms with van der Waals surface area (Å²) in [6.45, 7) is 11.4. The van der Waals surface area contributed by atoms with Crippen LogP contribution < -0.4 is 10.5 Å². The number of rotatable bonds is 2. The van der Waals surface area contributed by atoms with Crippen molar-refractivity contribution >= 4 is 27.4 Å². The van der Waals surface area contributed by atoms with Crippen molar-refractivity contribution in [1.82, 2.24) is 0 Å². The molecule has 0 N–H and O–H groups in total. The Kier molecular flexibility index (Phi) is 4.33. The van der Waals surface area contributed by atoms with Gasteiger partial charge in [-0.2, -0.15) is 0 Å². The monoisotopic (exact) mass is 437 g/mol. The largest absolute Gasteiger partial charge is 0.422 e. The van der Waals surface area contributed by atoms with E-state index < -0.39 is 0 Å². The van der Waals surface area contributed by atoms with Gasteiger partial charge in [0.15, 0.2) is 0 Å². The van der Waals surface area contributed by atoms with Crippen LogP contribution in [-0.4, -0.2) is 13.1 Å². The number of fused-ring (bicyclic) bond motifs is 3. The highest BCUT2D eigenvalue weighted by Gasteiger charge is 2.41. The van der Waals surface area contributed by atoms with Gasteiger partial charge in [0.1, 0.15) is 5.58 Å². The predicted molar refractivity (Wildman–Crippen MR) is 137 cm³/mol. The van der Waals surface area contributed by atoms with E-state index in [1.54, 1.807) is 0 Å². The van der Waals surface area contributed by atoms with Crippen molar-refractivity contribution in [2.75, 3.05) is 18.0 Å². The molecule has 0 radical (unpaired) electrons. The molecule has 0 fully saturated rings. The molecule has 4 aromatic rings. The molecule has 0 saturated carbocycles. The van der Waals surface area contributed by atoms with Crippen molar-refractivity contribution < 1.29 is 4.42 Å². The fourth-order valence-corrected chi connectivity index (χ4v) is 5.97. The van der Waals surface area contributed by atoms with Gasteiger partial charge >= 0.3 is 5.63 Å². The van der Waals surface area contributed by atoms with Crippen LogP contribution >= 0.6 is 0 Å². The summed E-state index contributed by atoms with van der Waals surface area (Å²) in [5, 5.41) is 3.45. The van der Waals surface area contributed by atoms with Gasteiger partial charge in [-0.05, 0) is 57.7 Å². The molecule has 3 aromatic carbocycles. The van der Waals surface area contributed by atoms with Crippen LogP contribution in [0.25, 0.3) is 21.7 Å². The molecule has 2 aliphatic heterocycles. The van der Waals surface area contributed by atoms with Gasteiger partial charge in [0, 0.05) is 41.7 Å². The van der Waals surface area contributed by atoms with Gasteiger partial charge < -0.3 is 9.32 Å². The topological polar surface area (TPSA) is 33.5 Å². The number of benzene rings is 3. The van der Waals surface area contributed by atoms with Crippen molar-refractivity contribution in [2.24, 2.45) is 0 Å². The molecule has 0 atom stereocenters. The van der Waals surface area contributed by atoms with E-state index in [0.717, 1.165) is 48.0 Å². The van der Waals surface area contributed by atoms with E-state index >= 15 is 0 Å². The zero-order chi connectivity index (χ0) is 23.0. The smallest absolute Gasteiger partial charge is 0.339 e. The lowest BCUT2D eigenvalue weighted by molar-refractivity contribution is 0.398. The third-order valence-corrected chi connectivity index (χ3v) is 8.06. The Morgan fingerprint density at radius 2 is 1.58 bits per heavy atom. The van der Waals surface area contributed by atoms with Gasteiger partial charge in [-0.1, -0.05) is 70.2 Å². The first-order chi connectivity index (χ1) is 15.7. The molecule has 0 bridgehead atoms. The zero-order valence-electron chi connectivity index (χ0n) is 20.0. The standard InChI is InChI=1S/C30H31NO2/c1-29(2)12-14-31-15-13-30(3,4)25-26(31)24(29)18-21-17-22(28(32)33-27(21)25)16-20-10-7-9-19-8-5-6-11-23(19)20/h5-11,17-18H,12-16H2,1-4H3. The van der Waals surface area contributed by atoms with Gasteiger partial charge in [0.2, 0.25) is 0 Å². The maximum absolute atomic E-state index is 13.3. The van der Waals surface area contributed by atoms with Crippen LogP contribution in [-0.2, 0) is 17.3 Å². The van der Waals surface area contributed by atoms with Crippen molar-refractivity contribution in [3.8, 4) is 0 Å². The summed E-state index contributed by atoms with van der Waals surface area (Å²) in [4.78, 5) is 15.8. The lowest BCUT2D eigenvalue weighted by atomic mass is 9.69. The number of nitrogens with zero attached hydrogens (tertiary/aromatic N) is 1. The second-order valence-corrected chi connectivity index (χ2v) is 11.2. The summed E-state index contributed by atoms with van der Waals surface area (Å²) in [5.74, 6) is 0. The molecule has 0 saturated heterocycles. The Bertz CT molecular complexity index is 1470. The molecular weight excluding hydrogens is 406 g/mol. The summed E-state index contributed by atoms with van der Waals surface area (Å²) < 4.78 is 6.17. The average molecular weight is 438 g/mol. The molecule has 168 valence electrons. The lowest BCUT2D eigenvalue weighted by Gasteiger charge is -2.48. The molecule has 3 heterocycles. The minimum absolute atomic E-state index is 0.0272. The molecule has 0 aliphatic carbocycles. The maximum atomic E-state index is 13.3. The highest BCUT2D eigenvalue weighted by Crippen LogP contribution is 2.51. The van der Waals surface area contributed by atoms with E-state index in [0.29, 0.717) is 6.42 Å². The zero-order valence-corrected chi connectivity index (χ0v) is 20.0. The minimum atomic E-state index is -0.213. The number of anilines is 1. The van der Waals surface area contributed by atoms with Crippen molar-refractivity contribution in [2.45, 2.75) is 57.8 Å². The Balaban J connectivity index is 1.58. The molecule has 3 heteroatoms. The van der Waals surface area contributed by atoms with Crippen LogP contribution in [0, 0.1) is 0 Å². The van der Waals surface area contributed by atoms with E-state index in [1.807, 2.05) is 0 Å². The summed E-state index contributed by atoms with van der Waals surface area (Å²) in [5.41, 5.74) is 6.48. The summed E-state index contributed by atoms with van der Waals surface area (Å²) in [6.07, 6.45) is 2.79. The van der Waals surface area contributed by atoms with E-state index in [2.05, 4.69) is 87.2 Å².